The van der Waals surface area contributed by atoms with Crippen LogP contribution < -0.4 is 4.90 Å². The molecule has 0 saturated heterocycles. The first-order valence-electron chi connectivity index (χ1n) is 5.43. The lowest BCUT2D eigenvalue weighted by atomic mass is 9.95. The van der Waals surface area contributed by atoms with Crippen LogP contribution in [-0.2, 0) is 0 Å². The van der Waals surface area contributed by atoms with E-state index < -0.39 is 0 Å². The van der Waals surface area contributed by atoms with E-state index in [0.29, 0.717) is 0 Å². The minimum absolute atomic E-state index is 0.0985. The summed E-state index contributed by atoms with van der Waals surface area (Å²) in [6.07, 6.45) is 3.74. The summed E-state index contributed by atoms with van der Waals surface area (Å²) in [6.45, 7) is 13.4. The van der Waals surface area contributed by atoms with Crippen molar-refractivity contribution in [3.63, 3.8) is 0 Å². The normalized spacial score (nSPS) is 12.7. The second-order valence-corrected chi connectivity index (χ2v) is 5.89. The Bertz CT molecular complexity index is 290. The predicted octanol–water partition coefficient (Wildman–Crippen LogP) is 3.49. The number of hydrogen-bond acceptors (Lipinski definition) is 2. The summed E-state index contributed by atoms with van der Waals surface area (Å²) in [7, 11) is 0. The Labute approximate surface area is 93.3 Å². The van der Waals surface area contributed by atoms with Crippen LogP contribution in [-0.4, -0.2) is 16.1 Å². The van der Waals surface area contributed by atoms with E-state index in [9.17, 15) is 0 Å². The molecule has 0 fully saturated rings. The molecule has 0 atom stereocenters. The first-order valence-corrected chi connectivity index (χ1v) is 5.43. The number of hydrogen-bond donors (Lipinski definition) is 0. The van der Waals surface area contributed by atoms with Gasteiger partial charge in [-0.05, 0) is 53.7 Å². The molecular formula is C13H22N2. The maximum Gasteiger partial charge on any atom is 0.0561 e. The Morgan fingerprint density at radius 1 is 1.00 bits per heavy atom. The van der Waals surface area contributed by atoms with E-state index in [1.54, 1.807) is 0 Å². The van der Waals surface area contributed by atoms with Gasteiger partial charge in [-0.15, -0.1) is 0 Å². The quantitative estimate of drug-likeness (QED) is 0.699. The lowest BCUT2D eigenvalue weighted by Gasteiger charge is -2.47. The summed E-state index contributed by atoms with van der Waals surface area (Å²) in [5, 5.41) is 0. The Kier molecular flexibility index (Phi) is 3.08. The SMILES string of the molecule is CC(C)(C)N(c1cccnc1)C(C)(C)C. The van der Waals surface area contributed by atoms with Gasteiger partial charge in [-0.25, -0.2) is 0 Å². The largest absolute Gasteiger partial charge is 0.361 e. The fraction of sp³-hybridized carbons (Fsp3) is 0.615. The van der Waals surface area contributed by atoms with Gasteiger partial charge in [0.25, 0.3) is 0 Å². The summed E-state index contributed by atoms with van der Waals surface area (Å²) in [4.78, 5) is 6.59. The molecule has 1 heterocycles. The van der Waals surface area contributed by atoms with E-state index in [1.807, 2.05) is 18.5 Å². The highest BCUT2D eigenvalue weighted by Gasteiger charge is 2.31. The summed E-state index contributed by atoms with van der Waals surface area (Å²) >= 11 is 0. The van der Waals surface area contributed by atoms with Gasteiger partial charge in [-0.1, -0.05) is 0 Å². The van der Waals surface area contributed by atoms with Crippen molar-refractivity contribution in [1.82, 2.24) is 4.98 Å². The fourth-order valence-corrected chi connectivity index (χ4v) is 2.27. The molecule has 2 heteroatoms. The van der Waals surface area contributed by atoms with Gasteiger partial charge in [0.1, 0.15) is 0 Å². The molecule has 0 aliphatic rings. The van der Waals surface area contributed by atoms with Crippen LogP contribution in [0.4, 0.5) is 5.69 Å². The Balaban J connectivity index is 3.15. The zero-order chi connectivity index (χ0) is 11.7. The minimum Gasteiger partial charge on any atom is -0.361 e. The van der Waals surface area contributed by atoms with Crippen LogP contribution in [0.25, 0.3) is 0 Å². The van der Waals surface area contributed by atoms with Gasteiger partial charge in [-0.2, -0.15) is 0 Å². The van der Waals surface area contributed by atoms with Gasteiger partial charge in [0.05, 0.1) is 11.9 Å². The van der Waals surface area contributed by atoms with Crippen molar-refractivity contribution in [2.24, 2.45) is 0 Å². The smallest absolute Gasteiger partial charge is 0.0561 e. The van der Waals surface area contributed by atoms with E-state index >= 15 is 0 Å². The summed E-state index contributed by atoms with van der Waals surface area (Å²) < 4.78 is 0. The van der Waals surface area contributed by atoms with Gasteiger partial charge < -0.3 is 4.90 Å². The number of pyridine rings is 1. The Morgan fingerprint density at radius 2 is 1.53 bits per heavy atom. The molecule has 15 heavy (non-hydrogen) atoms. The summed E-state index contributed by atoms with van der Waals surface area (Å²) in [6, 6.07) is 4.10. The van der Waals surface area contributed by atoms with Crippen LogP contribution in [0.15, 0.2) is 24.5 Å². The van der Waals surface area contributed by atoms with E-state index in [4.69, 9.17) is 0 Å². The molecule has 0 amide bonds. The highest BCUT2D eigenvalue weighted by atomic mass is 15.2. The van der Waals surface area contributed by atoms with Crippen LogP contribution >= 0.6 is 0 Å². The second-order valence-electron chi connectivity index (χ2n) is 5.89. The molecule has 0 N–H and O–H groups in total. The molecule has 1 aromatic heterocycles. The van der Waals surface area contributed by atoms with Crippen LogP contribution in [0.2, 0.25) is 0 Å². The maximum absolute atomic E-state index is 4.19. The number of nitrogens with zero attached hydrogens (tertiary/aromatic N) is 2. The molecule has 0 radical (unpaired) electrons. The fourth-order valence-electron chi connectivity index (χ4n) is 2.27. The van der Waals surface area contributed by atoms with Gasteiger partial charge in [0, 0.05) is 17.3 Å². The maximum atomic E-state index is 4.19. The zero-order valence-electron chi connectivity index (χ0n) is 10.7. The Hall–Kier alpha value is -1.05. The lowest BCUT2D eigenvalue weighted by Crippen LogP contribution is -2.53. The standard InChI is InChI=1S/C13H22N2/c1-12(2,3)15(13(4,5)6)11-8-7-9-14-10-11/h7-10H,1-6H3. The number of rotatable bonds is 1. The average Bonchev–Trinajstić information content (AvgIpc) is 2.00. The van der Waals surface area contributed by atoms with Crippen molar-refractivity contribution in [3.05, 3.63) is 24.5 Å². The van der Waals surface area contributed by atoms with Crippen molar-refractivity contribution in [1.29, 1.82) is 0 Å². The molecule has 0 aliphatic heterocycles. The van der Waals surface area contributed by atoms with Crippen LogP contribution in [0, 0.1) is 0 Å². The molecule has 1 rings (SSSR count). The molecule has 0 saturated carbocycles. The molecule has 0 aromatic carbocycles. The number of aromatic nitrogens is 1. The average molecular weight is 206 g/mol. The third kappa shape index (κ3) is 2.95. The van der Waals surface area contributed by atoms with Gasteiger partial charge in [0.15, 0.2) is 0 Å². The molecule has 0 unspecified atom stereocenters. The highest BCUT2D eigenvalue weighted by Crippen LogP contribution is 2.30. The van der Waals surface area contributed by atoms with Crippen molar-refractivity contribution in [2.45, 2.75) is 52.6 Å². The molecule has 84 valence electrons. The lowest BCUT2D eigenvalue weighted by molar-refractivity contribution is 0.380. The predicted molar refractivity (Wildman–Crippen MR) is 66.2 cm³/mol. The van der Waals surface area contributed by atoms with Crippen LogP contribution in [0.1, 0.15) is 41.5 Å². The first-order chi connectivity index (χ1) is 6.73. The van der Waals surface area contributed by atoms with Gasteiger partial charge >= 0.3 is 0 Å². The van der Waals surface area contributed by atoms with E-state index in [2.05, 4.69) is 57.5 Å². The van der Waals surface area contributed by atoms with Crippen molar-refractivity contribution in [3.8, 4) is 0 Å². The second kappa shape index (κ2) is 3.84. The third-order valence-corrected chi connectivity index (χ3v) is 2.25. The molecule has 1 aromatic rings. The van der Waals surface area contributed by atoms with Crippen LogP contribution in [0.5, 0.6) is 0 Å². The monoisotopic (exact) mass is 206 g/mol. The summed E-state index contributed by atoms with van der Waals surface area (Å²) in [5.41, 5.74) is 1.38. The molecular weight excluding hydrogens is 184 g/mol. The van der Waals surface area contributed by atoms with Gasteiger partial charge in [0.2, 0.25) is 0 Å². The third-order valence-electron chi connectivity index (χ3n) is 2.25. The van der Waals surface area contributed by atoms with E-state index in [1.165, 1.54) is 5.69 Å². The van der Waals surface area contributed by atoms with Crippen molar-refractivity contribution >= 4 is 5.69 Å². The van der Waals surface area contributed by atoms with E-state index in [-0.39, 0.29) is 11.1 Å². The Morgan fingerprint density at radius 3 is 1.87 bits per heavy atom. The molecule has 0 aliphatic carbocycles. The highest BCUT2D eigenvalue weighted by molar-refractivity contribution is 5.48. The van der Waals surface area contributed by atoms with Crippen molar-refractivity contribution in [2.75, 3.05) is 4.90 Å². The molecule has 0 spiro atoms. The number of anilines is 1. The van der Waals surface area contributed by atoms with E-state index in [0.717, 1.165) is 0 Å². The molecule has 0 bridgehead atoms. The first kappa shape index (κ1) is 12.0. The zero-order valence-corrected chi connectivity index (χ0v) is 10.7. The minimum atomic E-state index is 0.0985. The van der Waals surface area contributed by atoms with Crippen LogP contribution in [0.3, 0.4) is 0 Å². The molecule has 2 nitrogen and oxygen atoms in total. The topological polar surface area (TPSA) is 16.1 Å². The van der Waals surface area contributed by atoms with Gasteiger partial charge in [-0.3, -0.25) is 4.98 Å². The summed E-state index contributed by atoms with van der Waals surface area (Å²) in [5.74, 6) is 0. The van der Waals surface area contributed by atoms with Crippen molar-refractivity contribution < 1.29 is 0 Å².